The second kappa shape index (κ2) is 12.5. The molecule has 2 aromatic heterocycles. The molecule has 1 aliphatic rings. The van der Waals surface area contributed by atoms with E-state index < -0.39 is 11.7 Å². The highest BCUT2D eigenvalue weighted by Gasteiger charge is 2.21. The SMILES string of the molecule is COCc1nn(Cc2cnc(N3CCCC3)nc2)cc1C(=O)NCc1c(N(N)/C=C(/C)N)ccc(OC)c1F. The summed E-state index contributed by atoms with van der Waals surface area (Å²) in [6, 6.07) is 3.05. The van der Waals surface area contributed by atoms with Crippen molar-refractivity contribution < 1.29 is 18.7 Å². The minimum absolute atomic E-state index is 0.0238. The van der Waals surface area contributed by atoms with Crippen LogP contribution >= 0.6 is 0 Å². The van der Waals surface area contributed by atoms with Crippen LogP contribution in [-0.2, 0) is 24.4 Å². The van der Waals surface area contributed by atoms with E-state index in [1.165, 1.54) is 31.5 Å². The molecule has 0 unspecified atom stereocenters. The van der Waals surface area contributed by atoms with Crippen LogP contribution in [0.2, 0.25) is 0 Å². The van der Waals surface area contributed by atoms with E-state index >= 15 is 4.39 Å². The molecule has 39 heavy (non-hydrogen) atoms. The van der Waals surface area contributed by atoms with Gasteiger partial charge in [-0.2, -0.15) is 5.10 Å². The van der Waals surface area contributed by atoms with Crippen LogP contribution < -0.4 is 31.5 Å². The Morgan fingerprint density at radius 1 is 1.23 bits per heavy atom. The first-order valence-corrected chi connectivity index (χ1v) is 12.5. The zero-order chi connectivity index (χ0) is 27.9. The average molecular weight is 540 g/mol. The lowest BCUT2D eigenvalue weighted by Gasteiger charge is -2.20. The molecule has 1 aliphatic heterocycles. The Morgan fingerprint density at radius 2 is 1.95 bits per heavy atom. The number of aromatic nitrogens is 4. The van der Waals surface area contributed by atoms with E-state index in [0.29, 0.717) is 35.1 Å². The number of methoxy groups -OCH3 is 2. The molecular formula is C26H34FN9O3. The second-order valence-electron chi connectivity index (χ2n) is 9.25. The smallest absolute Gasteiger partial charge is 0.255 e. The summed E-state index contributed by atoms with van der Waals surface area (Å²) in [4.78, 5) is 24.3. The Balaban J connectivity index is 1.51. The number of allylic oxidation sites excluding steroid dienone is 1. The number of nitrogens with one attached hydrogen (secondary N) is 1. The summed E-state index contributed by atoms with van der Waals surface area (Å²) < 4.78 is 27.2. The van der Waals surface area contributed by atoms with Gasteiger partial charge >= 0.3 is 0 Å². The van der Waals surface area contributed by atoms with Crippen LogP contribution in [0.1, 0.15) is 46.9 Å². The van der Waals surface area contributed by atoms with E-state index in [1.807, 2.05) is 0 Å². The van der Waals surface area contributed by atoms with Gasteiger partial charge in [0.1, 0.15) is 5.69 Å². The third kappa shape index (κ3) is 6.62. The van der Waals surface area contributed by atoms with Gasteiger partial charge in [0, 0.05) is 68.4 Å². The van der Waals surface area contributed by atoms with Crippen LogP contribution in [0.5, 0.6) is 5.75 Å². The summed E-state index contributed by atoms with van der Waals surface area (Å²) >= 11 is 0. The summed E-state index contributed by atoms with van der Waals surface area (Å²) in [6.45, 7) is 3.91. The summed E-state index contributed by atoms with van der Waals surface area (Å²) in [5, 5.41) is 8.48. The number of hydrogen-bond acceptors (Lipinski definition) is 10. The molecule has 1 fully saturated rings. The third-order valence-corrected chi connectivity index (χ3v) is 6.24. The highest BCUT2D eigenvalue weighted by molar-refractivity contribution is 5.95. The lowest BCUT2D eigenvalue weighted by Crippen LogP contribution is -2.30. The standard InChI is InChI=1S/C26H34FN9O3/c1-17(28)13-36(29)22-6-7-23(39-3)24(27)19(22)12-30-25(37)20-15-35(33-21(20)16-38-2)14-18-10-31-26(32-11-18)34-8-4-5-9-34/h6-7,10-11,13,15H,4-5,8-9,12,14,16,28-29H2,1-3H3,(H,30,37)/b17-13-. The number of hydrazine groups is 1. The van der Waals surface area contributed by atoms with Gasteiger partial charge in [-0.25, -0.2) is 20.2 Å². The molecule has 3 aromatic rings. The van der Waals surface area contributed by atoms with Crippen molar-refractivity contribution in [1.29, 1.82) is 0 Å². The molecule has 13 heteroatoms. The molecule has 1 saturated heterocycles. The van der Waals surface area contributed by atoms with Crippen LogP contribution in [0, 0.1) is 5.82 Å². The second-order valence-corrected chi connectivity index (χ2v) is 9.25. The number of nitrogens with zero attached hydrogens (tertiary/aromatic N) is 6. The first-order chi connectivity index (χ1) is 18.8. The molecular weight excluding hydrogens is 505 g/mol. The number of ether oxygens (including phenoxy) is 2. The molecule has 1 aromatic carbocycles. The Bertz CT molecular complexity index is 1320. The monoisotopic (exact) mass is 539 g/mol. The first-order valence-electron chi connectivity index (χ1n) is 12.5. The molecule has 5 N–H and O–H groups in total. The number of nitrogens with two attached hydrogens (primary N) is 2. The van der Waals surface area contributed by atoms with Crippen molar-refractivity contribution in [3.05, 3.63) is 70.8 Å². The minimum atomic E-state index is -0.640. The van der Waals surface area contributed by atoms with E-state index in [2.05, 4.69) is 25.3 Å². The van der Waals surface area contributed by atoms with E-state index in [4.69, 9.17) is 21.1 Å². The molecule has 12 nitrogen and oxygen atoms in total. The van der Waals surface area contributed by atoms with Crippen LogP contribution in [-0.4, -0.2) is 53.0 Å². The molecule has 1 amide bonds. The number of carbonyl (C=O) groups excluding carboxylic acids is 1. The molecule has 3 heterocycles. The van der Waals surface area contributed by atoms with Gasteiger partial charge in [-0.05, 0) is 31.9 Å². The highest BCUT2D eigenvalue weighted by atomic mass is 19.1. The van der Waals surface area contributed by atoms with Crippen molar-refractivity contribution in [2.24, 2.45) is 11.6 Å². The van der Waals surface area contributed by atoms with Crippen molar-refractivity contribution in [2.75, 3.05) is 37.2 Å². The topological polar surface area (TPSA) is 150 Å². The minimum Gasteiger partial charge on any atom is -0.494 e. The van der Waals surface area contributed by atoms with Gasteiger partial charge in [0.15, 0.2) is 11.6 Å². The molecule has 0 atom stereocenters. The van der Waals surface area contributed by atoms with Gasteiger partial charge in [0.05, 0.1) is 31.5 Å². The summed E-state index contributed by atoms with van der Waals surface area (Å²) in [7, 11) is 2.88. The fourth-order valence-corrected chi connectivity index (χ4v) is 4.38. The summed E-state index contributed by atoms with van der Waals surface area (Å²) in [5.74, 6) is 5.73. The maximum absolute atomic E-state index is 15.2. The van der Waals surface area contributed by atoms with Crippen molar-refractivity contribution in [2.45, 2.75) is 39.5 Å². The third-order valence-electron chi connectivity index (χ3n) is 6.24. The molecule has 0 spiro atoms. The van der Waals surface area contributed by atoms with E-state index in [1.54, 1.807) is 36.3 Å². The predicted octanol–water partition coefficient (Wildman–Crippen LogP) is 2.05. The first kappa shape index (κ1) is 27.8. The van der Waals surface area contributed by atoms with Gasteiger partial charge in [-0.15, -0.1) is 0 Å². The fraction of sp³-hybridized carbons (Fsp3) is 0.385. The highest BCUT2D eigenvalue weighted by Crippen LogP contribution is 2.29. The van der Waals surface area contributed by atoms with Crippen molar-refractivity contribution in [3.8, 4) is 5.75 Å². The van der Waals surface area contributed by atoms with Gasteiger partial charge in [-0.3, -0.25) is 14.5 Å². The predicted molar refractivity (Wildman–Crippen MR) is 144 cm³/mol. The number of halogens is 1. The number of carbonyl (C=O) groups is 1. The van der Waals surface area contributed by atoms with Crippen LogP contribution in [0.15, 0.2) is 42.6 Å². The molecule has 0 saturated carbocycles. The zero-order valence-electron chi connectivity index (χ0n) is 22.4. The van der Waals surface area contributed by atoms with E-state index in [9.17, 15) is 4.79 Å². The molecule has 4 rings (SSSR count). The van der Waals surface area contributed by atoms with E-state index in [0.717, 1.165) is 31.5 Å². The normalized spacial score (nSPS) is 13.6. The quantitative estimate of drug-likeness (QED) is 0.244. The van der Waals surface area contributed by atoms with Crippen LogP contribution in [0.3, 0.4) is 0 Å². The van der Waals surface area contributed by atoms with E-state index in [-0.39, 0.29) is 24.5 Å². The van der Waals surface area contributed by atoms with Crippen molar-refractivity contribution in [1.82, 2.24) is 25.1 Å². The number of benzene rings is 1. The fourth-order valence-electron chi connectivity index (χ4n) is 4.38. The number of amides is 1. The Labute approximate surface area is 226 Å². The molecule has 0 radical (unpaired) electrons. The Hall–Kier alpha value is -4.23. The zero-order valence-corrected chi connectivity index (χ0v) is 22.4. The van der Waals surface area contributed by atoms with Gasteiger partial charge in [0.2, 0.25) is 5.95 Å². The molecule has 208 valence electrons. The van der Waals surface area contributed by atoms with Gasteiger partial charge in [-0.1, -0.05) is 0 Å². The van der Waals surface area contributed by atoms with Gasteiger partial charge < -0.3 is 25.4 Å². The number of hydrogen-bond donors (Lipinski definition) is 3. The largest absolute Gasteiger partial charge is 0.494 e. The lowest BCUT2D eigenvalue weighted by atomic mass is 10.1. The maximum Gasteiger partial charge on any atom is 0.255 e. The van der Waals surface area contributed by atoms with Gasteiger partial charge in [0.25, 0.3) is 5.91 Å². The number of rotatable bonds is 11. The maximum atomic E-state index is 15.2. The molecule has 0 bridgehead atoms. The van der Waals surface area contributed by atoms with Crippen molar-refractivity contribution >= 4 is 17.5 Å². The Kier molecular flexibility index (Phi) is 8.94. The molecule has 0 aliphatic carbocycles. The number of anilines is 2. The summed E-state index contributed by atoms with van der Waals surface area (Å²) in [5.41, 5.74) is 8.20. The van der Waals surface area contributed by atoms with Crippen molar-refractivity contribution in [3.63, 3.8) is 0 Å². The Morgan fingerprint density at radius 3 is 2.59 bits per heavy atom. The van der Waals surface area contributed by atoms with Crippen LogP contribution in [0.25, 0.3) is 0 Å². The van der Waals surface area contributed by atoms with Crippen LogP contribution in [0.4, 0.5) is 16.0 Å². The lowest BCUT2D eigenvalue weighted by molar-refractivity contribution is 0.0945. The summed E-state index contributed by atoms with van der Waals surface area (Å²) in [6.07, 6.45) is 8.90. The average Bonchev–Trinajstić information content (AvgIpc) is 3.58.